The highest BCUT2D eigenvalue weighted by Crippen LogP contribution is 2.45. The van der Waals surface area contributed by atoms with Gasteiger partial charge in [0.2, 0.25) is 0 Å². The van der Waals surface area contributed by atoms with Crippen molar-refractivity contribution in [3.8, 4) is 50.5 Å². The molecule has 0 fully saturated rings. The first-order valence-corrected chi connectivity index (χ1v) is 19.4. The number of fused-ring (bicyclic) bond motifs is 3. The molecule has 1 heterocycles. The van der Waals surface area contributed by atoms with Crippen LogP contribution in [0.2, 0.25) is 0 Å². The van der Waals surface area contributed by atoms with Gasteiger partial charge in [-0.3, -0.25) is 4.57 Å². The minimum atomic E-state index is 0.0794. The van der Waals surface area contributed by atoms with Crippen LogP contribution in [0.4, 0.5) is 0 Å². The van der Waals surface area contributed by atoms with E-state index in [-0.39, 0.29) is 10.8 Å². The molecule has 1 aromatic heterocycles. The summed E-state index contributed by atoms with van der Waals surface area (Å²) in [6.45, 7) is 13.7. The monoisotopic (exact) mass is 710 g/mol. The van der Waals surface area contributed by atoms with E-state index < -0.39 is 0 Å². The molecule has 0 amide bonds. The Morgan fingerprint density at radius 3 is 1.42 bits per heavy atom. The van der Waals surface area contributed by atoms with Gasteiger partial charge in [0.15, 0.2) is 0 Å². The summed E-state index contributed by atoms with van der Waals surface area (Å²) < 4.78 is 2.26. The van der Waals surface area contributed by atoms with E-state index in [1.807, 2.05) is 0 Å². The molecule has 9 rings (SSSR count). The molecule has 0 radical (unpaired) electrons. The predicted molar refractivity (Wildman–Crippen MR) is 235 cm³/mol. The van der Waals surface area contributed by atoms with E-state index in [1.165, 1.54) is 66.1 Å². The summed E-state index contributed by atoms with van der Waals surface area (Å²) in [6, 6.07) is 62.3. The summed E-state index contributed by atoms with van der Waals surface area (Å²) in [6.07, 6.45) is 0. The number of hydrogen-bond acceptors (Lipinski definition) is 1. The zero-order valence-corrected chi connectivity index (χ0v) is 32.6. The number of aromatic nitrogens is 2. The molecule has 0 atom stereocenters. The van der Waals surface area contributed by atoms with Crippen LogP contribution in [-0.4, -0.2) is 9.55 Å². The topological polar surface area (TPSA) is 17.8 Å². The van der Waals surface area contributed by atoms with Crippen LogP contribution >= 0.6 is 0 Å². The number of nitrogens with zero attached hydrogens (tertiary/aromatic N) is 2. The third-order valence-corrected chi connectivity index (χ3v) is 11.2. The number of benzene rings is 8. The highest BCUT2D eigenvalue weighted by atomic mass is 15.1. The lowest BCUT2D eigenvalue weighted by Gasteiger charge is -2.22. The van der Waals surface area contributed by atoms with Crippen molar-refractivity contribution in [1.29, 1.82) is 0 Å². The van der Waals surface area contributed by atoms with Crippen LogP contribution in [0.3, 0.4) is 0 Å². The molecule has 55 heavy (non-hydrogen) atoms. The molecule has 0 N–H and O–H groups in total. The lowest BCUT2D eigenvalue weighted by atomic mass is 9.82. The summed E-state index contributed by atoms with van der Waals surface area (Å²) in [4.78, 5) is 5.12. The number of para-hydroxylation sites is 3. The van der Waals surface area contributed by atoms with E-state index >= 15 is 0 Å². The Kier molecular flexibility index (Phi) is 8.31. The second-order valence-electron chi connectivity index (χ2n) is 16.9. The first-order valence-electron chi connectivity index (χ1n) is 19.4. The number of hydrogen-bond donors (Lipinski definition) is 0. The molecule has 0 spiro atoms. The van der Waals surface area contributed by atoms with Gasteiger partial charge in [-0.1, -0.05) is 181 Å². The van der Waals surface area contributed by atoms with Crippen molar-refractivity contribution in [2.75, 3.05) is 0 Å². The maximum absolute atomic E-state index is 5.12. The van der Waals surface area contributed by atoms with E-state index in [2.05, 4.69) is 216 Å². The molecule has 0 unspecified atom stereocenters. The highest BCUT2D eigenvalue weighted by molar-refractivity contribution is 6.22. The van der Waals surface area contributed by atoms with Gasteiger partial charge in [-0.05, 0) is 107 Å². The van der Waals surface area contributed by atoms with Gasteiger partial charge in [0.25, 0.3) is 0 Å². The van der Waals surface area contributed by atoms with E-state index in [9.17, 15) is 0 Å². The van der Waals surface area contributed by atoms with Crippen molar-refractivity contribution in [2.24, 2.45) is 0 Å². The van der Waals surface area contributed by atoms with Gasteiger partial charge < -0.3 is 0 Å². The molecule has 268 valence electrons. The quantitative estimate of drug-likeness (QED) is 0.163. The van der Waals surface area contributed by atoms with Crippen molar-refractivity contribution in [1.82, 2.24) is 9.55 Å². The minimum absolute atomic E-state index is 0.0794. The first kappa shape index (κ1) is 34.5. The van der Waals surface area contributed by atoms with E-state index in [0.717, 1.165) is 28.1 Å². The largest absolute Gasteiger partial charge is 0.292 e. The average Bonchev–Trinajstić information content (AvgIpc) is 3.59. The van der Waals surface area contributed by atoms with Crippen molar-refractivity contribution < 1.29 is 0 Å². The summed E-state index contributed by atoms with van der Waals surface area (Å²) in [5.74, 6) is 0.937. The van der Waals surface area contributed by atoms with Crippen LogP contribution in [0, 0.1) is 0 Å². The zero-order valence-electron chi connectivity index (χ0n) is 32.6. The van der Waals surface area contributed by atoms with E-state index in [0.29, 0.717) is 0 Å². The molecule has 9 aromatic rings. The fourth-order valence-corrected chi connectivity index (χ4v) is 8.12. The normalized spacial score (nSPS) is 12.2. The van der Waals surface area contributed by atoms with Gasteiger partial charge in [0.05, 0.1) is 11.0 Å². The molecule has 0 bridgehead atoms. The van der Waals surface area contributed by atoms with Crippen LogP contribution in [-0.2, 0) is 10.8 Å². The van der Waals surface area contributed by atoms with Gasteiger partial charge in [0.1, 0.15) is 5.82 Å². The average molecular weight is 711 g/mol. The SMILES string of the molecule is CC(C)(C)c1ccc(-c2c3ccccc3c(-c3ccc(C(C)(C)C)cc3)c3cc(-c4ccc(-c5nc6ccccc6n5-c5ccccc5)cc4)ccc23)cc1. The Bertz CT molecular complexity index is 2830. The summed E-state index contributed by atoms with van der Waals surface area (Å²) in [5, 5.41) is 5.05. The summed E-state index contributed by atoms with van der Waals surface area (Å²) >= 11 is 0. The van der Waals surface area contributed by atoms with Crippen LogP contribution in [0.25, 0.3) is 83.0 Å². The van der Waals surface area contributed by atoms with Crippen LogP contribution in [0.5, 0.6) is 0 Å². The lowest BCUT2D eigenvalue weighted by Crippen LogP contribution is -2.10. The Hall–Kier alpha value is -6.25. The molecular formula is C53H46N2. The Morgan fingerprint density at radius 2 is 0.836 bits per heavy atom. The maximum Gasteiger partial charge on any atom is 0.145 e. The molecule has 0 aliphatic rings. The van der Waals surface area contributed by atoms with Gasteiger partial charge in [0, 0.05) is 11.3 Å². The second-order valence-corrected chi connectivity index (χ2v) is 16.9. The second kappa shape index (κ2) is 13.2. The smallest absolute Gasteiger partial charge is 0.145 e. The molecular weight excluding hydrogens is 665 g/mol. The van der Waals surface area contributed by atoms with Crippen molar-refractivity contribution in [2.45, 2.75) is 52.4 Å². The van der Waals surface area contributed by atoms with Gasteiger partial charge in [-0.2, -0.15) is 0 Å². The molecule has 8 aromatic carbocycles. The van der Waals surface area contributed by atoms with Crippen LogP contribution in [0.1, 0.15) is 52.7 Å². The third-order valence-electron chi connectivity index (χ3n) is 11.2. The fourth-order valence-electron chi connectivity index (χ4n) is 8.12. The van der Waals surface area contributed by atoms with Crippen molar-refractivity contribution in [3.63, 3.8) is 0 Å². The lowest BCUT2D eigenvalue weighted by molar-refractivity contribution is 0.590. The maximum atomic E-state index is 5.12. The number of imidazole rings is 1. The summed E-state index contributed by atoms with van der Waals surface area (Å²) in [7, 11) is 0. The van der Waals surface area contributed by atoms with Crippen molar-refractivity contribution >= 4 is 32.6 Å². The van der Waals surface area contributed by atoms with E-state index in [1.54, 1.807) is 0 Å². The Labute approximate surface area is 324 Å². The molecule has 2 nitrogen and oxygen atoms in total. The highest BCUT2D eigenvalue weighted by Gasteiger charge is 2.21. The molecule has 0 aliphatic carbocycles. The van der Waals surface area contributed by atoms with Gasteiger partial charge in [-0.25, -0.2) is 4.98 Å². The minimum Gasteiger partial charge on any atom is -0.292 e. The zero-order chi connectivity index (χ0) is 37.9. The third kappa shape index (κ3) is 6.22. The van der Waals surface area contributed by atoms with E-state index in [4.69, 9.17) is 4.98 Å². The van der Waals surface area contributed by atoms with Crippen LogP contribution < -0.4 is 0 Å². The predicted octanol–water partition coefficient (Wildman–Crippen LogP) is 14.6. The fraction of sp³-hybridized carbons (Fsp3) is 0.151. The number of rotatable bonds is 5. The standard InChI is InChI=1S/C53H46N2/c1-52(2,3)40-29-24-36(25-30-40)49-43-16-10-11-17-44(43)50(37-26-31-41(32-27-37)53(4,5)6)46-34-39(28-33-45(46)49)35-20-22-38(23-21-35)51-54-47-18-12-13-19-48(47)55(51)42-14-8-7-9-15-42/h7-34H,1-6H3. The Balaban J connectivity index is 1.23. The molecule has 0 saturated carbocycles. The Morgan fingerprint density at radius 1 is 0.382 bits per heavy atom. The first-order chi connectivity index (χ1) is 26.5. The van der Waals surface area contributed by atoms with Gasteiger partial charge >= 0.3 is 0 Å². The van der Waals surface area contributed by atoms with Crippen molar-refractivity contribution in [3.05, 3.63) is 181 Å². The molecule has 0 saturated heterocycles. The summed E-state index contributed by atoms with van der Waals surface area (Å²) in [5.41, 5.74) is 14.5. The van der Waals surface area contributed by atoms with Crippen LogP contribution in [0.15, 0.2) is 170 Å². The molecule has 2 heteroatoms. The molecule has 0 aliphatic heterocycles. The van der Waals surface area contributed by atoms with Gasteiger partial charge in [-0.15, -0.1) is 0 Å².